The zero-order valence-corrected chi connectivity index (χ0v) is 10.6. The first kappa shape index (κ1) is 11.0. The van der Waals surface area contributed by atoms with Crippen LogP contribution < -0.4 is 0 Å². The molecule has 0 spiro atoms. The van der Waals surface area contributed by atoms with Gasteiger partial charge in [0.2, 0.25) is 5.78 Å². The smallest absolute Gasteiger partial charge is 0.202 e. The fourth-order valence-electron chi connectivity index (χ4n) is 2.49. The average Bonchev–Trinajstić information content (AvgIpc) is 2.82. The van der Waals surface area contributed by atoms with Crippen molar-refractivity contribution in [3.8, 4) is 0 Å². The first-order chi connectivity index (χ1) is 8.34. The van der Waals surface area contributed by atoms with Crippen LogP contribution >= 0.6 is 11.3 Å². The Bertz CT molecular complexity index is 447. The van der Waals surface area contributed by atoms with Crippen LogP contribution in [-0.4, -0.2) is 12.4 Å². The summed E-state index contributed by atoms with van der Waals surface area (Å²) in [5, 5.41) is 0. The third kappa shape index (κ3) is 2.16. The molecule has 0 amide bonds. The fourth-order valence-corrected chi connectivity index (χ4v) is 3.72. The predicted molar refractivity (Wildman–Crippen MR) is 68.6 cm³/mol. The highest BCUT2D eigenvalue weighted by molar-refractivity contribution is 7.14. The van der Waals surface area contributed by atoms with Gasteiger partial charge in [0.25, 0.3) is 0 Å². The Kier molecular flexibility index (Phi) is 3.02. The van der Waals surface area contributed by atoms with Gasteiger partial charge in [0.15, 0.2) is 0 Å². The van der Waals surface area contributed by atoms with Crippen LogP contribution in [0.4, 0.5) is 0 Å². The molecule has 2 heterocycles. The molecular formula is C14H16O2S. The van der Waals surface area contributed by atoms with Crippen molar-refractivity contribution in [3.63, 3.8) is 0 Å². The lowest BCUT2D eigenvalue weighted by molar-refractivity contribution is 0.101. The molecular weight excluding hydrogens is 232 g/mol. The van der Waals surface area contributed by atoms with E-state index >= 15 is 0 Å². The molecule has 90 valence electrons. The van der Waals surface area contributed by atoms with E-state index in [-0.39, 0.29) is 5.78 Å². The maximum absolute atomic E-state index is 12.3. The van der Waals surface area contributed by atoms with Gasteiger partial charge in [-0.2, -0.15) is 0 Å². The molecule has 1 aromatic heterocycles. The zero-order chi connectivity index (χ0) is 11.7. The minimum absolute atomic E-state index is 0.184. The van der Waals surface area contributed by atoms with E-state index < -0.39 is 0 Å². The quantitative estimate of drug-likeness (QED) is 0.749. The number of carbonyl (C=O) groups excluding carboxylic acids is 1. The van der Waals surface area contributed by atoms with E-state index in [2.05, 4.69) is 6.07 Å². The zero-order valence-electron chi connectivity index (χ0n) is 9.83. The molecule has 0 radical (unpaired) electrons. The van der Waals surface area contributed by atoms with Gasteiger partial charge in [0.1, 0.15) is 0 Å². The summed E-state index contributed by atoms with van der Waals surface area (Å²) in [6, 6.07) is 2.11. The number of ether oxygens (including phenoxy) is 1. The topological polar surface area (TPSA) is 26.3 Å². The van der Waals surface area contributed by atoms with Crippen LogP contribution in [-0.2, 0) is 17.6 Å². The predicted octanol–water partition coefficient (Wildman–Crippen LogP) is 3.50. The first-order valence-electron chi connectivity index (χ1n) is 6.31. The molecule has 0 aromatic carbocycles. The first-order valence-corrected chi connectivity index (χ1v) is 7.13. The third-order valence-corrected chi connectivity index (χ3v) is 4.68. The second-order valence-corrected chi connectivity index (χ2v) is 5.85. The molecule has 3 rings (SSSR count). The lowest BCUT2D eigenvalue weighted by atomic mass is 9.98. The molecule has 1 aliphatic carbocycles. The van der Waals surface area contributed by atoms with Crippen molar-refractivity contribution >= 4 is 17.1 Å². The molecule has 3 heteroatoms. The number of hydrogen-bond acceptors (Lipinski definition) is 3. The minimum Gasteiger partial charge on any atom is -0.501 e. The number of rotatable bonds is 2. The number of ketones is 1. The number of carbonyl (C=O) groups is 1. The standard InChI is InChI=1S/C14H16O2S/c15-14(11-5-3-7-16-9-11)13-8-10-4-1-2-6-12(10)17-13/h8-9H,1-7H2. The molecule has 0 saturated carbocycles. The Morgan fingerprint density at radius 1 is 1.18 bits per heavy atom. The van der Waals surface area contributed by atoms with E-state index in [1.54, 1.807) is 17.6 Å². The van der Waals surface area contributed by atoms with E-state index in [1.807, 2.05) is 0 Å². The van der Waals surface area contributed by atoms with Gasteiger partial charge in [-0.15, -0.1) is 11.3 Å². The van der Waals surface area contributed by atoms with Crippen LogP contribution in [0.3, 0.4) is 0 Å². The second-order valence-electron chi connectivity index (χ2n) is 4.71. The van der Waals surface area contributed by atoms with Gasteiger partial charge in [0.05, 0.1) is 17.7 Å². The number of hydrogen-bond donors (Lipinski definition) is 0. The fraction of sp³-hybridized carbons (Fsp3) is 0.500. The lowest BCUT2D eigenvalue weighted by Gasteiger charge is -2.11. The lowest BCUT2D eigenvalue weighted by Crippen LogP contribution is -2.07. The summed E-state index contributed by atoms with van der Waals surface area (Å²) in [6.07, 6.45) is 8.32. The van der Waals surface area contributed by atoms with Crippen LogP contribution in [0.5, 0.6) is 0 Å². The maximum atomic E-state index is 12.3. The van der Waals surface area contributed by atoms with Crippen LogP contribution in [0.2, 0.25) is 0 Å². The van der Waals surface area contributed by atoms with E-state index in [0.29, 0.717) is 0 Å². The molecule has 2 aliphatic rings. The van der Waals surface area contributed by atoms with E-state index in [4.69, 9.17) is 4.74 Å². The van der Waals surface area contributed by atoms with Gasteiger partial charge in [-0.1, -0.05) is 0 Å². The number of thiophene rings is 1. The molecule has 0 atom stereocenters. The summed E-state index contributed by atoms with van der Waals surface area (Å²) in [5.74, 6) is 0.184. The third-order valence-electron chi connectivity index (χ3n) is 3.45. The van der Waals surface area contributed by atoms with Crippen molar-refractivity contribution in [2.75, 3.05) is 6.61 Å². The largest absolute Gasteiger partial charge is 0.501 e. The molecule has 1 aromatic rings. The molecule has 17 heavy (non-hydrogen) atoms. The van der Waals surface area contributed by atoms with Crippen LogP contribution in [0.15, 0.2) is 17.9 Å². The van der Waals surface area contributed by atoms with Gasteiger partial charge in [-0.05, 0) is 50.2 Å². The number of allylic oxidation sites excluding steroid dienone is 1. The van der Waals surface area contributed by atoms with E-state index in [1.165, 1.54) is 23.3 Å². The molecule has 0 N–H and O–H groups in total. The highest BCUT2D eigenvalue weighted by Gasteiger charge is 2.20. The number of aryl methyl sites for hydroxylation is 2. The van der Waals surface area contributed by atoms with Crippen molar-refractivity contribution in [2.24, 2.45) is 0 Å². The summed E-state index contributed by atoms with van der Waals surface area (Å²) < 4.78 is 5.25. The summed E-state index contributed by atoms with van der Waals surface area (Å²) in [5.41, 5.74) is 2.25. The summed E-state index contributed by atoms with van der Waals surface area (Å²) in [4.78, 5) is 14.6. The van der Waals surface area contributed by atoms with Gasteiger partial charge < -0.3 is 4.74 Å². The Morgan fingerprint density at radius 2 is 2.06 bits per heavy atom. The highest BCUT2D eigenvalue weighted by atomic mass is 32.1. The van der Waals surface area contributed by atoms with Crippen molar-refractivity contribution in [1.82, 2.24) is 0 Å². The van der Waals surface area contributed by atoms with Crippen LogP contribution in [0.25, 0.3) is 0 Å². The monoisotopic (exact) mass is 248 g/mol. The number of Topliss-reactive ketones (excluding diaryl/α,β-unsaturated/α-hetero) is 1. The average molecular weight is 248 g/mol. The molecule has 0 saturated heterocycles. The van der Waals surface area contributed by atoms with E-state index in [0.717, 1.165) is 42.7 Å². The maximum Gasteiger partial charge on any atom is 0.202 e. The van der Waals surface area contributed by atoms with Crippen LogP contribution in [0.1, 0.15) is 45.8 Å². The Morgan fingerprint density at radius 3 is 2.82 bits per heavy atom. The minimum atomic E-state index is 0.184. The highest BCUT2D eigenvalue weighted by Crippen LogP contribution is 2.31. The normalized spacial score (nSPS) is 19.2. The van der Waals surface area contributed by atoms with Gasteiger partial charge in [-0.25, -0.2) is 0 Å². The molecule has 0 bridgehead atoms. The van der Waals surface area contributed by atoms with Crippen molar-refractivity contribution in [3.05, 3.63) is 33.2 Å². The second kappa shape index (κ2) is 4.65. The number of fused-ring (bicyclic) bond motifs is 1. The van der Waals surface area contributed by atoms with Crippen molar-refractivity contribution in [1.29, 1.82) is 0 Å². The Labute approximate surface area is 105 Å². The van der Waals surface area contributed by atoms with Gasteiger partial charge >= 0.3 is 0 Å². The Balaban J connectivity index is 1.86. The molecule has 2 nitrogen and oxygen atoms in total. The van der Waals surface area contributed by atoms with Crippen LogP contribution in [0, 0.1) is 0 Å². The SMILES string of the molecule is O=C(C1=COCCC1)c1cc2c(s1)CCCC2. The summed E-state index contributed by atoms with van der Waals surface area (Å²) in [7, 11) is 0. The molecule has 0 fully saturated rings. The van der Waals surface area contributed by atoms with Gasteiger partial charge in [-0.3, -0.25) is 4.79 Å². The summed E-state index contributed by atoms with van der Waals surface area (Å²) >= 11 is 1.69. The molecule has 0 unspecified atom stereocenters. The molecule has 1 aliphatic heterocycles. The van der Waals surface area contributed by atoms with Crippen molar-refractivity contribution in [2.45, 2.75) is 38.5 Å². The van der Waals surface area contributed by atoms with Crippen molar-refractivity contribution < 1.29 is 9.53 Å². The Hall–Kier alpha value is -1.09. The van der Waals surface area contributed by atoms with E-state index in [9.17, 15) is 4.79 Å². The van der Waals surface area contributed by atoms with Gasteiger partial charge in [0, 0.05) is 10.5 Å². The summed E-state index contributed by atoms with van der Waals surface area (Å²) in [6.45, 7) is 0.748.